The van der Waals surface area contributed by atoms with Gasteiger partial charge in [0.25, 0.3) is 0 Å². The van der Waals surface area contributed by atoms with Crippen molar-refractivity contribution in [1.29, 1.82) is 0 Å². The number of hydrogen-bond donors (Lipinski definition) is 1. The molecule has 5 rings (SSSR count). The molecule has 122 valence electrons. The second-order valence-electron chi connectivity index (χ2n) is 7.27. The molecule has 0 atom stereocenters. The molecule has 0 amide bonds. The van der Waals surface area contributed by atoms with Gasteiger partial charge in [-0.05, 0) is 80.0 Å². The fourth-order valence-corrected chi connectivity index (χ4v) is 6.49. The Bertz CT molecular complexity index is 723. The second kappa shape index (κ2) is 5.55. The molecular weight excluding hydrogens is 312 g/mol. The van der Waals surface area contributed by atoms with Crippen molar-refractivity contribution in [3.63, 3.8) is 0 Å². The first-order valence-corrected chi connectivity index (χ1v) is 9.74. The third-order valence-corrected chi connectivity index (χ3v) is 7.31. The molecule has 0 aliphatic heterocycles. The molecule has 4 fully saturated rings. The number of isocyanates is 1. The van der Waals surface area contributed by atoms with E-state index in [1.807, 2.05) is 0 Å². The van der Waals surface area contributed by atoms with E-state index in [0.29, 0.717) is 17.5 Å². The third kappa shape index (κ3) is 2.75. The number of nitrogens with zero attached hydrogens (tertiary/aromatic N) is 1. The van der Waals surface area contributed by atoms with Crippen LogP contribution >= 0.6 is 0 Å². The average molecular weight is 332 g/mol. The van der Waals surface area contributed by atoms with Crippen LogP contribution in [0.25, 0.3) is 0 Å². The van der Waals surface area contributed by atoms with Gasteiger partial charge < -0.3 is 0 Å². The fraction of sp³-hybridized carbons (Fsp3) is 0.588. The van der Waals surface area contributed by atoms with Gasteiger partial charge in [-0.25, -0.2) is 17.9 Å². The predicted octanol–water partition coefficient (Wildman–Crippen LogP) is 2.76. The first-order chi connectivity index (χ1) is 11.0. The van der Waals surface area contributed by atoms with Crippen molar-refractivity contribution >= 4 is 21.8 Å². The van der Waals surface area contributed by atoms with Crippen molar-refractivity contribution in [1.82, 2.24) is 4.72 Å². The average Bonchev–Trinajstić information content (AvgIpc) is 2.51. The van der Waals surface area contributed by atoms with Crippen LogP contribution in [0.3, 0.4) is 0 Å². The van der Waals surface area contributed by atoms with Gasteiger partial charge in [0, 0.05) is 6.04 Å². The molecular formula is C17H20N2O3S. The highest BCUT2D eigenvalue weighted by atomic mass is 32.2. The number of hydrogen-bond acceptors (Lipinski definition) is 4. The van der Waals surface area contributed by atoms with Gasteiger partial charge >= 0.3 is 0 Å². The lowest BCUT2D eigenvalue weighted by atomic mass is 9.54. The highest BCUT2D eigenvalue weighted by Gasteiger charge is 2.49. The molecule has 4 bridgehead atoms. The van der Waals surface area contributed by atoms with Crippen LogP contribution in [0.15, 0.2) is 34.2 Å². The number of sulfonamides is 1. The standard InChI is InChI=1S/C17H20N2O3S/c20-10-18-15-1-3-16(4-2-15)23(21,22)19-17-13-6-11-5-12(8-13)9-14(17)7-11/h1-4,11-14,17,19H,5-9H2. The lowest BCUT2D eigenvalue weighted by Crippen LogP contribution is -2.55. The largest absolute Gasteiger partial charge is 0.240 e. The van der Waals surface area contributed by atoms with Crippen LogP contribution in [0, 0.1) is 23.7 Å². The summed E-state index contributed by atoms with van der Waals surface area (Å²) in [7, 11) is -3.53. The van der Waals surface area contributed by atoms with Gasteiger partial charge in [-0.15, -0.1) is 0 Å². The summed E-state index contributed by atoms with van der Waals surface area (Å²) in [6.07, 6.45) is 7.50. The molecule has 6 heteroatoms. The summed E-state index contributed by atoms with van der Waals surface area (Å²) >= 11 is 0. The summed E-state index contributed by atoms with van der Waals surface area (Å²) in [6.45, 7) is 0. The molecule has 1 aromatic rings. The van der Waals surface area contributed by atoms with Crippen molar-refractivity contribution in [3.05, 3.63) is 24.3 Å². The Balaban J connectivity index is 1.54. The molecule has 0 saturated heterocycles. The minimum absolute atomic E-state index is 0.0838. The molecule has 0 spiro atoms. The quantitative estimate of drug-likeness (QED) is 0.680. The lowest BCUT2D eigenvalue weighted by molar-refractivity contribution is -0.00557. The fourth-order valence-electron chi connectivity index (χ4n) is 5.12. The molecule has 4 saturated carbocycles. The van der Waals surface area contributed by atoms with E-state index in [1.54, 1.807) is 0 Å². The molecule has 0 unspecified atom stereocenters. The van der Waals surface area contributed by atoms with E-state index >= 15 is 0 Å². The Morgan fingerprint density at radius 3 is 2.04 bits per heavy atom. The van der Waals surface area contributed by atoms with E-state index < -0.39 is 10.0 Å². The number of rotatable bonds is 4. The maximum atomic E-state index is 12.7. The van der Waals surface area contributed by atoms with E-state index in [-0.39, 0.29) is 10.9 Å². The summed E-state index contributed by atoms with van der Waals surface area (Å²) < 4.78 is 28.3. The number of benzene rings is 1. The van der Waals surface area contributed by atoms with Crippen LogP contribution in [0.1, 0.15) is 32.1 Å². The summed E-state index contributed by atoms with van der Waals surface area (Å²) in [6, 6.07) is 6.12. The highest BCUT2D eigenvalue weighted by Crippen LogP contribution is 2.53. The normalized spacial score (nSPS) is 35.0. The summed E-state index contributed by atoms with van der Waals surface area (Å²) in [5.74, 6) is 2.64. The van der Waals surface area contributed by atoms with Crippen molar-refractivity contribution in [2.24, 2.45) is 28.7 Å². The van der Waals surface area contributed by atoms with E-state index in [0.717, 1.165) is 11.8 Å². The molecule has 0 radical (unpaired) electrons. The monoisotopic (exact) mass is 332 g/mol. The summed E-state index contributed by atoms with van der Waals surface area (Å²) in [5, 5.41) is 0. The molecule has 0 heterocycles. The molecule has 4 aliphatic carbocycles. The topological polar surface area (TPSA) is 75.6 Å². The van der Waals surface area contributed by atoms with E-state index in [4.69, 9.17) is 0 Å². The Hall–Kier alpha value is -1.49. The van der Waals surface area contributed by atoms with Gasteiger partial charge in [-0.2, -0.15) is 4.99 Å². The van der Waals surface area contributed by atoms with E-state index in [1.165, 1.54) is 62.4 Å². The van der Waals surface area contributed by atoms with Crippen LogP contribution in [0.5, 0.6) is 0 Å². The van der Waals surface area contributed by atoms with Crippen molar-refractivity contribution in [3.8, 4) is 0 Å². The van der Waals surface area contributed by atoms with Crippen LogP contribution < -0.4 is 4.72 Å². The van der Waals surface area contributed by atoms with Crippen molar-refractivity contribution in [2.75, 3.05) is 0 Å². The van der Waals surface area contributed by atoms with Crippen molar-refractivity contribution in [2.45, 2.75) is 43.0 Å². The zero-order valence-electron chi connectivity index (χ0n) is 12.8. The number of nitrogens with one attached hydrogen (secondary N) is 1. The van der Waals surface area contributed by atoms with Gasteiger partial charge in [0.05, 0.1) is 10.6 Å². The van der Waals surface area contributed by atoms with Gasteiger partial charge in [-0.3, -0.25) is 0 Å². The zero-order valence-corrected chi connectivity index (χ0v) is 13.6. The third-order valence-electron chi connectivity index (χ3n) is 5.84. The van der Waals surface area contributed by atoms with Crippen LogP contribution in [0.4, 0.5) is 5.69 Å². The smallest absolute Gasteiger partial charge is 0.211 e. The van der Waals surface area contributed by atoms with Gasteiger partial charge in [0.1, 0.15) is 0 Å². The summed E-state index contributed by atoms with van der Waals surface area (Å²) in [4.78, 5) is 14.0. The highest BCUT2D eigenvalue weighted by molar-refractivity contribution is 7.89. The maximum Gasteiger partial charge on any atom is 0.240 e. The summed E-state index contributed by atoms with van der Waals surface area (Å²) in [5.41, 5.74) is 0.411. The molecule has 23 heavy (non-hydrogen) atoms. The van der Waals surface area contributed by atoms with Gasteiger partial charge in [-0.1, -0.05) is 0 Å². The SMILES string of the molecule is O=C=Nc1ccc(S(=O)(=O)NC2C3CC4CC(C3)CC2C4)cc1. The van der Waals surface area contributed by atoms with Crippen molar-refractivity contribution < 1.29 is 13.2 Å². The molecule has 1 N–H and O–H groups in total. The molecule has 4 aliphatic rings. The van der Waals surface area contributed by atoms with Gasteiger partial charge in [0.15, 0.2) is 0 Å². The van der Waals surface area contributed by atoms with Crippen LogP contribution in [-0.4, -0.2) is 20.5 Å². The van der Waals surface area contributed by atoms with Crippen LogP contribution in [-0.2, 0) is 14.8 Å². The predicted molar refractivity (Wildman–Crippen MR) is 85.4 cm³/mol. The molecule has 1 aromatic carbocycles. The maximum absolute atomic E-state index is 12.7. The van der Waals surface area contributed by atoms with E-state index in [9.17, 15) is 13.2 Å². The second-order valence-corrected chi connectivity index (χ2v) is 8.99. The Morgan fingerprint density at radius 2 is 1.52 bits per heavy atom. The molecule has 0 aromatic heterocycles. The minimum Gasteiger partial charge on any atom is -0.211 e. The first kappa shape index (κ1) is 15.1. The number of carbonyl (C=O) groups excluding carboxylic acids is 1. The number of aliphatic imine (C=N–C) groups is 1. The van der Waals surface area contributed by atoms with E-state index in [2.05, 4.69) is 9.71 Å². The first-order valence-electron chi connectivity index (χ1n) is 8.25. The minimum atomic E-state index is -3.53. The Morgan fingerprint density at radius 1 is 0.957 bits per heavy atom. The lowest BCUT2D eigenvalue weighted by Gasteiger charge is -2.54. The Labute approximate surface area is 136 Å². The van der Waals surface area contributed by atoms with Gasteiger partial charge in [0.2, 0.25) is 16.1 Å². The molecule has 5 nitrogen and oxygen atoms in total. The zero-order chi connectivity index (χ0) is 16.0. The Kier molecular flexibility index (Phi) is 3.63. The van der Waals surface area contributed by atoms with Crippen LogP contribution in [0.2, 0.25) is 0 Å².